The molecule has 1 heterocycles. The first kappa shape index (κ1) is 11.2. The van der Waals surface area contributed by atoms with Crippen LogP contribution in [0.4, 0.5) is 5.82 Å². The van der Waals surface area contributed by atoms with E-state index in [-0.39, 0.29) is 5.82 Å². The van der Waals surface area contributed by atoms with E-state index in [0.717, 1.165) is 0 Å². The van der Waals surface area contributed by atoms with Crippen LogP contribution in [0.25, 0.3) is 0 Å². The summed E-state index contributed by atoms with van der Waals surface area (Å²) in [5.74, 6) is -0.787. The summed E-state index contributed by atoms with van der Waals surface area (Å²) in [6.45, 7) is 0. The van der Waals surface area contributed by atoms with E-state index in [9.17, 15) is 9.90 Å². The lowest BCUT2D eigenvalue weighted by molar-refractivity contribution is -0.139. The molecule has 0 saturated carbocycles. The fourth-order valence-electron chi connectivity index (χ4n) is 1.61. The number of imidazole rings is 1. The van der Waals surface area contributed by atoms with Gasteiger partial charge in [0.25, 0.3) is 0 Å². The minimum atomic E-state index is -0.988. The first-order valence-electron chi connectivity index (χ1n) is 4.93. The highest BCUT2D eigenvalue weighted by atomic mass is 16.5. The lowest BCUT2D eigenvalue weighted by Crippen LogP contribution is -2.18. The molecule has 0 saturated heterocycles. The van der Waals surface area contributed by atoms with Crippen molar-refractivity contribution in [2.45, 2.75) is 6.04 Å². The Morgan fingerprint density at radius 3 is 2.59 bits per heavy atom. The molecule has 6 nitrogen and oxygen atoms in total. The highest BCUT2D eigenvalue weighted by Crippen LogP contribution is 2.19. The number of aliphatic carboxylic acids is 1. The second-order valence-corrected chi connectivity index (χ2v) is 3.47. The molecule has 0 aliphatic heterocycles. The van der Waals surface area contributed by atoms with Gasteiger partial charge in [0.15, 0.2) is 11.9 Å². The topological polar surface area (TPSA) is 87.4 Å². The van der Waals surface area contributed by atoms with Crippen molar-refractivity contribution >= 4 is 11.8 Å². The second kappa shape index (κ2) is 4.67. The number of aromatic nitrogens is 2. The Bertz CT molecular complexity index is 510. The number of hydrogen-bond donors (Lipinski definition) is 3. The van der Waals surface area contributed by atoms with Crippen LogP contribution in [0.1, 0.15) is 11.6 Å². The van der Waals surface area contributed by atoms with E-state index in [1.165, 1.54) is 17.1 Å². The molecular weight excluding hydrogens is 222 g/mol. The molecule has 17 heavy (non-hydrogen) atoms. The normalized spacial score (nSPS) is 12.1. The van der Waals surface area contributed by atoms with Gasteiger partial charge < -0.3 is 9.67 Å². The number of nitrogens with zero attached hydrogens (tertiary/aromatic N) is 2. The van der Waals surface area contributed by atoms with Crippen LogP contribution in [-0.4, -0.2) is 25.8 Å². The molecule has 1 aromatic carbocycles. The maximum Gasteiger partial charge on any atom is 0.331 e. The van der Waals surface area contributed by atoms with Crippen LogP contribution < -0.4 is 5.48 Å². The first-order chi connectivity index (χ1) is 8.22. The smallest absolute Gasteiger partial charge is 0.331 e. The van der Waals surface area contributed by atoms with Crippen LogP contribution in [-0.2, 0) is 4.79 Å². The zero-order valence-electron chi connectivity index (χ0n) is 8.82. The number of carboxylic acids is 1. The van der Waals surface area contributed by atoms with Gasteiger partial charge in [0.2, 0.25) is 0 Å². The van der Waals surface area contributed by atoms with Crippen LogP contribution in [0.5, 0.6) is 0 Å². The fourth-order valence-corrected chi connectivity index (χ4v) is 1.61. The fraction of sp³-hybridized carbons (Fsp3) is 0.0909. The number of rotatable bonds is 4. The molecule has 6 heteroatoms. The van der Waals surface area contributed by atoms with Gasteiger partial charge in [0.1, 0.15) is 0 Å². The molecule has 2 rings (SSSR count). The molecule has 88 valence electrons. The van der Waals surface area contributed by atoms with Gasteiger partial charge in [-0.1, -0.05) is 30.3 Å². The van der Waals surface area contributed by atoms with E-state index in [1.807, 2.05) is 11.5 Å². The van der Waals surface area contributed by atoms with Crippen LogP contribution in [0.2, 0.25) is 0 Å². The third-order valence-corrected chi connectivity index (χ3v) is 2.36. The summed E-state index contributed by atoms with van der Waals surface area (Å²) in [5, 5.41) is 17.9. The van der Waals surface area contributed by atoms with Crippen molar-refractivity contribution in [3.63, 3.8) is 0 Å². The molecular formula is C11H11N3O3. The summed E-state index contributed by atoms with van der Waals surface area (Å²) < 4.78 is 1.41. The van der Waals surface area contributed by atoms with Gasteiger partial charge in [0, 0.05) is 0 Å². The molecule has 0 spiro atoms. The van der Waals surface area contributed by atoms with Crippen molar-refractivity contribution in [2.75, 3.05) is 5.48 Å². The van der Waals surface area contributed by atoms with Crippen molar-refractivity contribution in [2.24, 2.45) is 0 Å². The average Bonchev–Trinajstić information content (AvgIpc) is 2.79. The summed E-state index contributed by atoms with van der Waals surface area (Å²) in [5.41, 5.74) is 2.51. The lowest BCUT2D eigenvalue weighted by atomic mass is 10.1. The van der Waals surface area contributed by atoms with E-state index >= 15 is 0 Å². The van der Waals surface area contributed by atoms with Gasteiger partial charge in [-0.25, -0.2) is 9.78 Å². The van der Waals surface area contributed by atoms with Gasteiger partial charge in [-0.3, -0.25) is 10.7 Å². The summed E-state index contributed by atoms with van der Waals surface area (Å²) >= 11 is 0. The Kier molecular flexibility index (Phi) is 3.06. The third-order valence-electron chi connectivity index (χ3n) is 2.36. The minimum absolute atomic E-state index is 0.201. The number of carboxylic acid groups (broad SMARTS) is 1. The van der Waals surface area contributed by atoms with Gasteiger partial charge in [-0.2, -0.15) is 0 Å². The monoisotopic (exact) mass is 233 g/mol. The van der Waals surface area contributed by atoms with Crippen molar-refractivity contribution in [3.05, 3.63) is 48.4 Å². The molecule has 3 N–H and O–H groups in total. The molecule has 0 bridgehead atoms. The number of anilines is 1. The van der Waals surface area contributed by atoms with Crippen molar-refractivity contribution < 1.29 is 15.1 Å². The standard InChI is InChI=1S/C11H11N3O3/c15-11(16)10(8-4-2-1-3-5-8)14-6-9(13-17)12-7-14/h1-7,10,13,17H,(H,15,16). The van der Waals surface area contributed by atoms with Crippen LogP contribution in [0.3, 0.4) is 0 Å². The largest absolute Gasteiger partial charge is 0.479 e. The Hall–Kier alpha value is -2.34. The predicted molar refractivity (Wildman–Crippen MR) is 59.9 cm³/mol. The molecule has 0 aliphatic carbocycles. The lowest BCUT2D eigenvalue weighted by Gasteiger charge is -2.13. The second-order valence-electron chi connectivity index (χ2n) is 3.47. The summed E-state index contributed by atoms with van der Waals surface area (Å²) in [4.78, 5) is 15.1. The van der Waals surface area contributed by atoms with E-state index in [1.54, 1.807) is 24.3 Å². The zero-order valence-corrected chi connectivity index (χ0v) is 8.82. The van der Waals surface area contributed by atoms with Crippen molar-refractivity contribution in [1.82, 2.24) is 9.55 Å². The molecule has 1 aromatic heterocycles. The number of carbonyl (C=O) groups is 1. The Morgan fingerprint density at radius 2 is 2.06 bits per heavy atom. The summed E-state index contributed by atoms with van der Waals surface area (Å²) in [7, 11) is 0. The minimum Gasteiger partial charge on any atom is -0.479 e. The Balaban J connectivity index is 2.39. The van der Waals surface area contributed by atoms with Gasteiger partial charge in [-0.15, -0.1) is 0 Å². The number of nitrogens with one attached hydrogen (secondary N) is 1. The van der Waals surface area contributed by atoms with E-state index in [0.29, 0.717) is 5.56 Å². The van der Waals surface area contributed by atoms with Crippen LogP contribution in [0, 0.1) is 0 Å². The molecule has 0 aliphatic rings. The molecule has 2 aromatic rings. The van der Waals surface area contributed by atoms with Crippen molar-refractivity contribution in [1.29, 1.82) is 0 Å². The molecule has 0 radical (unpaired) electrons. The van der Waals surface area contributed by atoms with Crippen LogP contribution >= 0.6 is 0 Å². The highest BCUT2D eigenvalue weighted by molar-refractivity contribution is 5.76. The summed E-state index contributed by atoms with van der Waals surface area (Å²) in [6, 6.07) is 7.96. The average molecular weight is 233 g/mol. The molecule has 0 fully saturated rings. The van der Waals surface area contributed by atoms with E-state index in [2.05, 4.69) is 4.98 Å². The molecule has 0 amide bonds. The third kappa shape index (κ3) is 2.26. The maximum absolute atomic E-state index is 11.3. The Morgan fingerprint density at radius 1 is 1.35 bits per heavy atom. The summed E-state index contributed by atoms with van der Waals surface area (Å²) in [6.07, 6.45) is 2.77. The highest BCUT2D eigenvalue weighted by Gasteiger charge is 2.21. The predicted octanol–water partition coefficient (Wildman–Crippen LogP) is 1.36. The maximum atomic E-state index is 11.3. The first-order valence-corrected chi connectivity index (χ1v) is 4.93. The molecule has 1 unspecified atom stereocenters. The molecule has 1 atom stereocenters. The number of benzene rings is 1. The van der Waals surface area contributed by atoms with Gasteiger partial charge >= 0.3 is 5.97 Å². The quantitative estimate of drug-likeness (QED) is 0.694. The van der Waals surface area contributed by atoms with Crippen LogP contribution in [0.15, 0.2) is 42.9 Å². The van der Waals surface area contributed by atoms with E-state index < -0.39 is 12.0 Å². The van der Waals surface area contributed by atoms with Crippen molar-refractivity contribution in [3.8, 4) is 0 Å². The Labute approximate surface area is 97.1 Å². The SMILES string of the molecule is O=C(O)C(c1ccccc1)n1cnc(NO)c1. The van der Waals surface area contributed by atoms with Gasteiger partial charge in [0.05, 0.1) is 12.5 Å². The zero-order chi connectivity index (χ0) is 12.3. The number of hydrogen-bond acceptors (Lipinski definition) is 4. The van der Waals surface area contributed by atoms with Gasteiger partial charge in [-0.05, 0) is 5.56 Å². The van der Waals surface area contributed by atoms with E-state index in [4.69, 9.17) is 5.21 Å².